The minimum absolute atomic E-state index is 0.268. The van der Waals surface area contributed by atoms with Crippen molar-refractivity contribution in [3.63, 3.8) is 0 Å². The number of hydrogen-bond acceptors (Lipinski definition) is 3. The fourth-order valence-corrected chi connectivity index (χ4v) is 3.40. The van der Waals surface area contributed by atoms with Crippen LogP contribution in [0.4, 0.5) is 0 Å². The van der Waals surface area contributed by atoms with Crippen LogP contribution in [0.2, 0.25) is 10.0 Å². The Balaban J connectivity index is 2.91. The second kappa shape index (κ2) is 6.02. The molecule has 0 aliphatic heterocycles. The van der Waals surface area contributed by atoms with Crippen LogP contribution in [0.5, 0.6) is 0 Å². The second-order valence-electron chi connectivity index (χ2n) is 3.66. The van der Waals surface area contributed by atoms with Crippen LogP contribution in [-0.2, 0) is 15.8 Å². The summed E-state index contributed by atoms with van der Waals surface area (Å²) >= 11 is 11.8. The van der Waals surface area contributed by atoms with Crippen molar-refractivity contribution in [1.29, 1.82) is 0 Å². The zero-order valence-corrected chi connectivity index (χ0v) is 11.5. The predicted octanol–water partition coefficient (Wildman–Crippen LogP) is 1.79. The van der Waals surface area contributed by atoms with Crippen molar-refractivity contribution < 1.29 is 13.5 Å². The maximum atomic E-state index is 11.7. The minimum atomic E-state index is -3.57. The number of benzene rings is 1. The van der Waals surface area contributed by atoms with E-state index in [1.807, 2.05) is 0 Å². The predicted molar refractivity (Wildman–Crippen MR) is 68.8 cm³/mol. The third-order valence-electron chi connectivity index (χ3n) is 2.05. The van der Waals surface area contributed by atoms with Gasteiger partial charge in [-0.3, -0.25) is 0 Å². The van der Waals surface area contributed by atoms with Gasteiger partial charge < -0.3 is 5.11 Å². The highest BCUT2D eigenvalue weighted by molar-refractivity contribution is 7.88. The Labute approximate surface area is 111 Å². The molecule has 1 aromatic carbocycles. The zero-order valence-electron chi connectivity index (χ0n) is 9.15. The van der Waals surface area contributed by atoms with Crippen molar-refractivity contribution in [1.82, 2.24) is 4.72 Å². The van der Waals surface area contributed by atoms with E-state index in [4.69, 9.17) is 28.3 Å². The van der Waals surface area contributed by atoms with Crippen LogP contribution in [0.3, 0.4) is 0 Å². The van der Waals surface area contributed by atoms with Gasteiger partial charge in [-0.1, -0.05) is 29.3 Å². The summed E-state index contributed by atoms with van der Waals surface area (Å²) in [5.74, 6) is -0.310. The molecule has 0 saturated heterocycles. The van der Waals surface area contributed by atoms with Gasteiger partial charge in [-0.2, -0.15) is 0 Å². The Bertz CT molecular complexity index is 470. The number of hydrogen-bond donors (Lipinski definition) is 2. The molecule has 17 heavy (non-hydrogen) atoms. The Kier molecular flexibility index (Phi) is 5.22. The summed E-state index contributed by atoms with van der Waals surface area (Å²) in [5, 5.41) is 9.40. The summed E-state index contributed by atoms with van der Waals surface area (Å²) in [6.07, 6.45) is 0. The van der Waals surface area contributed by atoms with E-state index in [1.54, 1.807) is 25.1 Å². The molecule has 0 saturated carbocycles. The second-order valence-corrected chi connectivity index (χ2v) is 6.23. The fraction of sp³-hybridized carbons (Fsp3) is 0.400. The molecule has 96 valence electrons. The van der Waals surface area contributed by atoms with Crippen LogP contribution in [0.25, 0.3) is 0 Å². The molecule has 0 fully saturated rings. The quantitative estimate of drug-likeness (QED) is 0.871. The van der Waals surface area contributed by atoms with Gasteiger partial charge in [0.2, 0.25) is 10.0 Å². The normalized spacial score (nSPS) is 13.6. The number of sulfonamides is 1. The molecule has 2 N–H and O–H groups in total. The van der Waals surface area contributed by atoms with E-state index in [0.717, 1.165) is 0 Å². The fourth-order valence-electron chi connectivity index (χ4n) is 1.25. The van der Waals surface area contributed by atoms with E-state index in [-0.39, 0.29) is 12.4 Å². The molecule has 0 amide bonds. The van der Waals surface area contributed by atoms with Gasteiger partial charge in [0.15, 0.2) is 0 Å². The SMILES string of the molecule is C[C@H](CO)NS(=O)(=O)Cc1c(Cl)cccc1Cl. The molecule has 1 atom stereocenters. The van der Waals surface area contributed by atoms with Crippen molar-refractivity contribution >= 4 is 33.2 Å². The average Bonchev–Trinajstić information content (AvgIpc) is 2.23. The molecule has 0 heterocycles. The topological polar surface area (TPSA) is 66.4 Å². The van der Waals surface area contributed by atoms with Gasteiger partial charge in [-0.15, -0.1) is 0 Å². The lowest BCUT2D eigenvalue weighted by Crippen LogP contribution is -2.35. The van der Waals surface area contributed by atoms with Gasteiger partial charge in [0.05, 0.1) is 12.4 Å². The Morgan fingerprint density at radius 3 is 2.35 bits per heavy atom. The van der Waals surface area contributed by atoms with E-state index in [9.17, 15) is 8.42 Å². The molecule has 1 aromatic rings. The first kappa shape index (κ1) is 14.7. The highest BCUT2D eigenvalue weighted by Crippen LogP contribution is 2.25. The Hall–Kier alpha value is -0.330. The number of aliphatic hydroxyl groups excluding tert-OH is 1. The van der Waals surface area contributed by atoms with Crippen LogP contribution < -0.4 is 4.72 Å². The summed E-state index contributed by atoms with van der Waals surface area (Å²) in [7, 11) is -3.57. The highest BCUT2D eigenvalue weighted by Gasteiger charge is 2.18. The highest BCUT2D eigenvalue weighted by atomic mass is 35.5. The van der Waals surface area contributed by atoms with Gasteiger partial charge in [0, 0.05) is 21.7 Å². The number of aliphatic hydroxyl groups is 1. The molecule has 0 bridgehead atoms. The van der Waals surface area contributed by atoms with E-state index < -0.39 is 16.1 Å². The lowest BCUT2D eigenvalue weighted by Gasteiger charge is -2.12. The monoisotopic (exact) mass is 297 g/mol. The summed E-state index contributed by atoms with van der Waals surface area (Å²) < 4.78 is 25.8. The molecule has 0 unspecified atom stereocenters. The summed E-state index contributed by atoms with van der Waals surface area (Å²) in [6.45, 7) is 1.29. The third kappa shape index (κ3) is 4.44. The van der Waals surface area contributed by atoms with Crippen molar-refractivity contribution in [2.45, 2.75) is 18.7 Å². The van der Waals surface area contributed by atoms with Crippen LogP contribution in [0, 0.1) is 0 Å². The van der Waals surface area contributed by atoms with Crippen LogP contribution in [0.1, 0.15) is 12.5 Å². The first-order valence-corrected chi connectivity index (χ1v) is 7.30. The van der Waals surface area contributed by atoms with E-state index in [1.165, 1.54) is 0 Å². The largest absolute Gasteiger partial charge is 0.395 e. The Morgan fingerprint density at radius 1 is 1.35 bits per heavy atom. The lowest BCUT2D eigenvalue weighted by molar-refractivity contribution is 0.265. The lowest BCUT2D eigenvalue weighted by atomic mass is 10.2. The van der Waals surface area contributed by atoms with Crippen molar-refractivity contribution in [3.05, 3.63) is 33.8 Å². The number of nitrogens with one attached hydrogen (secondary N) is 1. The summed E-state index contributed by atoms with van der Waals surface area (Å²) in [4.78, 5) is 0. The van der Waals surface area contributed by atoms with Crippen LogP contribution >= 0.6 is 23.2 Å². The molecular weight excluding hydrogens is 285 g/mol. The first-order chi connectivity index (χ1) is 7.85. The smallest absolute Gasteiger partial charge is 0.216 e. The van der Waals surface area contributed by atoms with Gasteiger partial charge >= 0.3 is 0 Å². The maximum Gasteiger partial charge on any atom is 0.216 e. The number of rotatable bonds is 5. The summed E-state index contributed by atoms with van der Waals surface area (Å²) in [6, 6.07) is 4.26. The van der Waals surface area contributed by atoms with Crippen molar-refractivity contribution in [2.24, 2.45) is 0 Å². The molecule has 0 spiro atoms. The first-order valence-electron chi connectivity index (χ1n) is 4.89. The van der Waals surface area contributed by atoms with E-state index in [0.29, 0.717) is 15.6 Å². The number of halogens is 2. The molecule has 0 aromatic heterocycles. The van der Waals surface area contributed by atoms with Crippen LogP contribution in [0.15, 0.2) is 18.2 Å². The molecule has 0 aliphatic rings. The molecule has 1 rings (SSSR count). The molecule has 0 radical (unpaired) electrons. The maximum absolute atomic E-state index is 11.7. The molecule has 0 aliphatic carbocycles. The Morgan fingerprint density at radius 2 is 1.88 bits per heavy atom. The van der Waals surface area contributed by atoms with Crippen molar-refractivity contribution in [2.75, 3.05) is 6.61 Å². The van der Waals surface area contributed by atoms with Gasteiger partial charge in [-0.25, -0.2) is 13.1 Å². The average molecular weight is 298 g/mol. The van der Waals surface area contributed by atoms with Gasteiger partial charge in [0.1, 0.15) is 0 Å². The summed E-state index contributed by atoms with van der Waals surface area (Å²) in [5.41, 5.74) is 0.355. The van der Waals surface area contributed by atoms with Gasteiger partial charge in [-0.05, 0) is 19.1 Å². The standard InChI is InChI=1S/C10H13Cl2NO3S/c1-7(5-14)13-17(15,16)6-8-9(11)3-2-4-10(8)12/h2-4,7,13-14H,5-6H2,1H3/t7-/m1/s1. The molecular formula is C10H13Cl2NO3S. The van der Waals surface area contributed by atoms with E-state index >= 15 is 0 Å². The van der Waals surface area contributed by atoms with E-state index in [2.05, 4.69) is 4.72 Å². The minimum Gasteiger partial charge on any atom is -0.395 e. The third-order valence-corrected chi connectivity index (χ3v) is 4.19. The molecule has 4 nitrogen and oxygen atoms in total. The van der Waals surface area contributed by atoms with Crippen LogP contribution in [-0.4, -0.2) is 26.2 Å². The van der Waals surface area contributed by atoms with Crippen molar-refractivity contribution in [3.8, 4) is 0 Å². The molecule has 7 heteroatoms. The zero-order chi connectivity index (χ0) is 13.1. The van der Waals surface area contributed by atoms with Gasteiger partial charge in [0.25, 0.3) is 0 Å².